The van der Waals surface area contributed by atoms with Gasteiger partial charge in [-0.15, -0.1) is 0 Å². The number of pyridine rings is 1. The van der Waals surface area contributed by atoms with E-state index in [1.54, 1.807) is 11.8 Å². The number of nitrogens with zero attached hydrogens (tertiary/aromatic N) is 3. The monoisotopic (exact) mass is 322 g/mol. The van der Waals surface area contributed by atoms with Crippen LogP contribution in [0.25, 0.3) is 33.3 Å². The average molecular weight is 322 g/mol. The van der Waals surface area contributed by atoms with Crippen LogP contribution < -0.4 is 4.74 Å². The van der Waals surface area contributed by atoms with E-state index in [1.807, 2.05) is 31.3 Å². The van der Waals surface area contributed by atoms with Gasteiger partial charge in [0, 0.05) is 24.7 Å². The van der Waals surface area contributed by atoms with Crippen LogP contribution in [-0.2, 0) is 7.05 Å². The number of ether oxygens (including phenoxy) is 1. The number of aromatic nitrogens is 4. The minimum atomic E-state index is -0.990. The van der Waals surface area contributed by atoms with Crippen LogP contribution in [0.2, 0.25) is 0 Å². The van der Waals surface area contributed by atoms with Crippen LogP contribution in [0.3, 0.4) is 0 Å². The van der Waals surface area contributed by atoms with Gasteiger partial charge in [0.2, 0.25) is 0 Å². The van der Waals surface area contributed by atoms with Gasteiger partial charge in [-0.1, -0.05) is 0 Å². The third-order valence-electron chi connectivity index (χ3n) is 4.05. The molecule has 1 aromatic carbocycles. The Bertz CT molecular complexity index is 1090. The number of aromatic amines is 1. The third-order valence-corrected chi connectivity index (χ3v) is 4.05. The van der Waals surface area contributed by atoms with Gasteiger partial charge in [-0.3, -0.25) is 9.67 Å². The molecule has 0 bridgehead atoms. The second-order valence-corrected chi connectivity index (χ2v) is 5.46. The van der Waals surface area contributed by atoms with E-state index in [1.165, 1.54) is 12.3 Å². The zero-order chi connectivity index (χ0) is 16.8. The van der Waals surface area contributed by atoms with Crippen LogP contribution in [0, 0.1) is 0 Å². The van der Waals surface area contributed by atoms with E-state index in [4.69, 9.17) is 4.74 Å². The topological polar surface area (TPSA) is 93.0 Å². The quantitative estimate of drug-likeness (QED) is 0.605. The maximum Gasteiger partial charge on any atom is 0.337 e. The Kier molecular flexibility index (Phi) is 3.02. The summed E-state index contributed by atoms with van der Waals surface area (Å²) in [7, 11) is 3.46. The number of nitrogens with one attached hydrogen (secondary N) is 1. The summed E-state index contributed by atoms with van der Waals surface area (Å²) in [5.74, 6) is -0.256. The summed E-state index contributed by atoms with van der Waals surface area (Å²) in [6, 6.07) is 8.99. The molecule has 7 heteroatoms. The number of rotatable bonds is 3. The van der Waals surface area contributed by atoms with Crippen molar-refractivity contribution < 1.29 is 14.6 Å². The van der Waals surface area contributed by atoms with Crippen molar-refractivity contribution >= 4 is 27.9 Å². The number of H-pyrrole nitrogens is 1. The molecule has 3 aromatic heterocycles. The lowest BCUT2D eigenvalue weighted by Crippen LogP contribution is -1.98. The van der Waals surface area contributed by atoms with Crippen molar-refractivity contribution in [3.63, 3.8) is 0 Å². The van der Waals surface area contributed by atoms with Gasteiger partial charge < -0.3 is 14.8 Å². The van der Waals surface area contributed by atoms with E-state index in [2.05, 4.69) is 15.1 Å². The van der Waals surface area contributed by atoms with Gasteiger partial charge in [-0.2, -0.15) is 5.10 Å². The number of aryl methyl sites for hydroxylation is 1. The fraction of sp³-hybridized carbons (Fsp3) is 0.118. The number of carboxylic acids is 1. The lowest BCUT2D eigenvalue weighted by atomic mass is 10.1. The summed E-state index contributed by atoms with van der Waals surface area (Å²) in [6.07, 6.45) is 1.50. The van der Waals surface area contributed by atoms with E-state index in [-0.39, 0.29) is 5.56 Å². The summed E-state index contributed by atoms with van der Waals surface area (Å²) >= 11 is 0. The molecule has 0 aliphatic heterocycles. The lowest BCUT2D eigenvalue weighted by molar-refractivity contribution is 0.0699. The predicted octanol–water partition coefficient (Wildman–Crippen LogP) is 2.82. The second-order valence-electron chi connectivity index (χ2n) is 5.46. The van der Waals surface area contributed by atoms with Crippen molar-refractivity contribution in [2.75, 3.05) is 7.11 Å². The molecule has 0 atom stereocenters. The Labute approximate surface area is 136 Å². The zero-order valence-electron chi connectivity index (χ0n) is 13.1. The highest BCUT2D eigenvalue weighted by Gasteiger charge is 2.17. The van der Waals surface area contributed by atoms with E-state index >= 15 is 0 Å². The van der Waals surface area contributed by atoms with Crippen molar-refractivity contribution in [2.24, 2.45) is 7.05 Å². The van der Waals surface area contributed by atoms with Gasteiger partial charge in [0.15, 0.2) is 0 Å². The number of methoxy groups -OCH3 is 1. The third kappa shape index (κ3) is 2.02. The van der Waals surface area contributed by atoms with Crippen LogP contribution in [0.15, 0.2) is 36.5 Å². The number of benzene rings is 1. The molecule has 3 heterocycles. The van der Waals surface area contributed by atoms with Crippen molar-refractivity contribution in [1.29, 1.82) is 0 Å². The normalized spacial score (nSPS) is 11.2. The largest absolute Gasteiger partial charge is 0.497 e. The number of hydrogen-bond donors (Lipinski definition) is 2. The molecule has 4 aromatic rings. The molecule has 120 valence electrons. The maximum absolute atomic E-state index is 11.4. The summed E-state index contributed by atoms with van der Waals surface area (Å²) in [6.45, 7) is 0. The minimum absolute atomic E-state index is 0.194. The molecule has 24 heavy (non-hydrogen) atoms. The molecular weight excluding hydrogens is 308 g/mol. The van der Waals surface area contributed by atoms with E-state index in [9.17, 15) is 9.90 Å². The van der Waals surface area contributed by atoms with Gasteiger partial charge in [0.05, 0.1) is 40.6 Å². The molecule has 0 saturated heterocycles. The Hall–Kier alpha value is -3.35. The van der Waals surface area contributed by atoms with Crippen molar-refractivity contribution in [2.45, 2.75) is 0 Å². The first-order chi connectivity index (χ1) is 11.6. The first-order valence-electron chi connectivity index (χ1n) is 7.30. The molecule has 0 aliphatic rings. The standard InChI is InChI=1S/C17H14N4O3/c1-21-16(10-4-3-9(24-2)7-12(10)20-21)14-8-13-15(19-14)11(17(22)23)5-6-18-13/h3-8,19H,1-2H3,(H,22,23). The first kappa shape index (κ1) is 14.3. The summed E-state index contributed by atoms with van der Waals surface area (Å²) in [5, 5.41) is 14.8. The number of fused-ring (bicyclic) bond motifs is 2. The van der Waals surface area contributed by atoms with Crippen LogP contribution in [0.4, 0.5) is 0 Å². The second kappa shape index (κ2) is 5.09. The minimum Gasteiger partial charge on any atom is -0.497 e. The Morgan fingerprint density at radius 1 is 1.25 bits per heavy atom. The van der Waals surface area contributed by atoms with Gasteiger partial charge in [-0.25, -0.2) is 4.79 Å². The van der Waals surface area contributed by atoms with Gasteiger partial charge in [-0.05, 0) is 24.3 Å². The van der Waals surface area contributed by atoms with Crippen molar-refractivity contribution in [1.82, 2.24) is 19.7 Å². The van der Waals surface area contributed by atoms with Crippen LogP contribution in [0.5, 0.6) is 5.75 Å². The molecule has 0 saturated carbocycles. The molecule has 2 N–H and O–H groups in total. The molecule has 0 spiro atoms. The summed E-state index contributed by atoms with van der Waals surface area (Å²) < 4.78 is 6.99. The summed E-state index contributed by atoms with van der Waals surface area (Å²) in [5.41, 5.74) is 3.73. The molecule has 7 nitrogen and oxygen atoms in total. The molecular formula is C17H14N4O3. The average Bonchev–Trinajstić information content (AvgIpc) is 3.12. The van der Waals surface area contributed by atoms with Crippen molar-refractivity contribution in [3.8, 4) is 17.1 Å². The van der Waals surface area contributed by atoms with Gasteiger partial charge in [0.25, 0.3) is 0 Å². The highest BCUT2D eigenvalue weighted by atomic mass is 16.5. The van der Waals surface area contributed by atoms with E-state index in [0.717, 1.165) is 28.0 Å². The van der Waals surface area contributed by atoms with Crippen LogP contribution in [-0.4, -0.2) is 37.9 Å². The Balaban J connectivity index is 1.98. The number of aromatic carboxylic acids is 1. The van der Waals surface area contributed by atoms with Gasteiger partial charge in [0.1, 0.15) is 5.75 Å². The lowest BCUT2D eigenvalue weighted by Gasteiger charge is -2.00. The molecule has 0 amide bonds. The Morgan fingerprint density at radius 3 is 2.83 bits per heavy atom. The van der Waals surface area contributed by atoms with E-state index < -0.39 is 5.97 Å². The first-order valence-corrected chi connectivity index (χ1v) is 7.30. The number of carbonyl (C=O) groups is 1. The highest BCUT2D eigenvalue weighted by molar-refractivity contribution is 6.03. The summed E-state index contributed by atoms with van der Waals surface area (Å²) in [4.78, 5) is 18.8. The molecule has 0 radical (unpaired) electrons. The molecule has 0 unspecified atom stereocenters. The SMILES string of the molecule is COc1ccc2c(-c3cc4nccc(C(=O)O)c4[nH]3)n(C)nc2c1. The maximum atomic E-state index is 11.4. The van der Waals surface area contributed by atoms with Crippen LogP contribution in [0.1, 0.15) is 10.4 Å². The predicted molar refractivity (Wildman–Crippen MR) is 89.3 cm³/mol. The van der Waals surface area contributed by atoms with Crippen molar-refractivity contribution in [3.05, 3.63) is 42.1 Å². The number of carboxylic acid groups (broad SMARTS) is 1. The molecule has 0 aliphatic carbocycles. The molecule has 0 fully saturated rings. The molecule has 4 rings (SSSR count). The van der Waals surface area contributed by atoms with Gasteiger partial charge >= 0.3 is 5.97 Å². The van der Waals surface area contributed by atoms with E-state index in [0.29, 0.717) is 11.0 Å². The number of hydrogen-bond acceptors (Lipinski definition) is 4. The smallest absolute Gasteiger partial charge is 0.337 e. The highest BCUT2D eigenvalue weighted by Crippen LogP contribution is 2.32. The van der Waals surface area contributed by atoms with Crippen LogP contribution >= 0.6 is 0 Å². The zero-order valence-corrected chi connectivity index (χ0v) is 13.1. The fourth-order valence-electron chi connectivity index (χ4n) is 2.96. The fourth-order valence-corrected chi connectivity index (χ4v) is 2.96. The Morgan fingerprint density at radius 2 is 2.08 bits per heavy atom.